The number of fused-ring (bicyclic) bond motifs is 18. The summed E-state index contributed by atoms with van der Waals surface area (Å²) in [6.07, 6.45) is 9.22. The predicted octanol–water partition coefficient (Wildman–Crippen LogP) is 14.6. The quantitative estimate of drug-likeness (QED) is 0.169. The summed E-state index contributed by atoms with van der Waals surface area (Å²) in [5.74, 6) is 0. The highest BCUT2D eigenvalue weighted by molar-refractivity contribution is 6.01. The number of benzene rings is 8. The van der Waals surface area contributed by atoms with Crippen LogP contribution in [0.3, 0.4) is 0 Å². The molecule has 5 aliphatic rings. The van der Waals surface area contributed by atoms with Crippen molar-refractivity contribution in [2.45, 2.75) is 42.9 Å². The molecule has 2 spiro atoms. The lowest BCUT2D eigenvalue weighted by atomic mass is 9.52. The molecule has 0 bridgehead atoms. The van der Waals surface area contributed by atoms with Crippen LogP contribution in [0, 0.1) is 0 Å². The monoisotopic (exact) mass is 765 g/mol. The third-order valence-corrected chi connectivity index (χ3v) is 14.8. The SMILES string of the molecule is CC1(C)c2ccccc2N(c2cccc3c2-c2ccccc2C32c3ccccc3C3(c4ccccc4-c4ccccc43)c3ccccc32)c2ccc(C3=CCCC=C3)cc21. The molecule has 8 aromatic carbocycles. The van der Waals surface area contributed by atoms with Gasteiger partial charge in [0.1, 0.15) is 0 Å². The van der Waals surface area contributed by atoms with E-state index < -0.39 is 10.8 Å². The first kappa shape index (κ1) is 34.0. The number of para-hydroxylation sites is 1. The molecule has 4 aliphatic carbocycles. The summed E-state index contributed by atoms with van der Waals surface area (Å²) in [4.78, 5) is 2.59. The lowest BCUT2D eigenvalue weighted by Gasteiger charge is -2.49. The van der Waals surface area contributed by atoms with Gasteiger partial charge >= 0.3 is 0 Å². The van der Waals surface area contributed by atoms with Crippen molar-refractivity contribution in [1.82, 2.24) is 0 Å². The van der Waals surface area contributed by atoms with E-state index in [-0.39, 0.29) is 5.41 Å². The van der Waals surface area contributed by atoms with Crippen molar-refractivity contribution in [3.8, 4) is 22.3 Å². The van der Waals surface area contributed by atoms with Gasteiger partial charge in [-0.2, -0.15) is 0 Å². The highest BCUT2D eigenvalue weighted by Crippen LogP contribution is 2.68. The summed E-state index contributed by atoms with van der Waals surface area (Å²) in [5, 5.41) is 0. The Kier molecular flexibility index (Phi) is 6.82. The minimum Gasteiger partial charge on any atom is -0.309 e. The molecule has 0 saturated heterocycles. The molecule has 0 unspecified atom stereocenters. The standard InChI is InChI=1S/C59H43N/c1-57(2)50-31-16-17-33-53(50)60(54-36-35-39(37-52(54)57)38-19-4-3-5-20-38)55-34-18-32-51-56(55)42-23-8-11-26-45(42)59(51)48-29-14-12-27-46(48)58(47-28-13-15-30-49(47)59)43-24-9-6-21-40(43)41-22-7-10-25-44(41)58/h4,6-37H,3,5H2,1-2H3. The van der Waals surface area contributed by atoms with Gasteiger partial charge in [0, 0.05) is 11.0 Å². The van der Waals surface area contributed by atoms with E-state index >= 15 is 0 Å². The van der Waals surface area contributed by atoms with Crippen LogP contribution in [0.25, 0.3) is 27.8 Å². The van der Waals surface area contributed by atoms with E-state index in [0.29, 0.717) is 0 Å². The number of hydrogen-bond donors (Lipinski definition) is 0. The van der Waals surface area contributed by atoms with E-state index in [2.05, 4.69) is 219 Å². The van der Waals surface area contributed by atoms with E-state index in [9.17, 15) is 0 Å². The number of nitrogens with zero attached hydrogens (tertiary/aromatic N) is 1. The minimum atomic E-state index is -0.548. The molecule has 8 aromatic rings. The van der Waals surface area contributed by atoms with Crippen molar-refractivity contribution < 1.29 is 0 Å². The summed E-state index contributed by atoms with van der Waals surface area (Å²) < 4.78 is 0. The average Bonchev–Trinajstić information content (AvgIpc) is 3.78. The molecule has 1 heteroatoms. The van der Waals surface area contributed by atoms with Crippen molar-refractivity contribution in [2.24, 2.45) is 0 Å². The third kappa shape index (κ3) is 4.03. The van der Waals surface area contributed by atoms with Gasteiger partial charge in [-0.05, 0) is 121 Å². The lowest BCUT2D eigenvalue weighted by Crippen LogP contribution is -2.43. The molecular weight excluding hydrogens is 723 g/mol. The highest BCUT2D eigenvalue weighted by Gasteiger charge is 2.59. The molecule has 0 saturated carbocycles. The van der Waals surface area contributed by atoms with Crippen LogP contribution < -0.4 is 4.90 Å². The van der Waals surface area contributed by atoms with Gasteiger partial charge in [-0.15, -0.1) is 0 Å². The zero-order valence-electron chi connectivity index (χ0n) is 33.9. The van der Waals surface area contributed by atoms with Gasteiger partial charge in [-0.25, -0.2) is 0 Å². The van der Waals surface area contributed by atoms with Gasteiger partial charge in [0.05, 0.1) is 27.9 Å². The Labute approximate surface area is 352 Å². The van der Waals surface area contributed by atoms with Gasteiger partial charge in [0.15, 0.2) is 0 Å². The molecule has 1 heterocycles. The Morgan fingerprint density at radius 1 is 0.383 bits per heavy atom. The van der Waals surface area contributed by atoms with Gasteiger partial charge in [-0.3, -0.25) is 0 Å². The Morgan fingerprint density at radius 3 is 1.45 bits per heavy atom. The maximum absolute atomic E-state index is 2.59. The molecule has 0 radical (unpaired) electrons. The van der Waals surface area contributed by atoms with Crippen LogP contribution in [0.4, 0.5) is 17.1 Å². The average molecular weight is 766 g/mol. The molecule has 0 amide bonds. The van der Waals surface area contributed by atoms with Crippen LogP contribution in [0.15, 0.2) is 200 Å². The highest BCUT2D eigenvalue weighted by atomic mass is 15.2. The Morgan fingerprint density at radius 2 is 0.850 bits per heavy atom. The summed E-state index contributed by atoms with van der Waals surface area (Å²) in [6.45, 7) is 4.81. The lowest BCUT2D eigenvalue weighted by molar-refractivity contribution is 0.630. The Balaban J connectivity index is 1.12. The second-order valence-electron chi connectivity index (χ2n) is 17.8. The molecule has 1 aliphatic heterocycles. The fourth-order valence-electron chi connectivity index (χ4n) is 12.4. The van der Waals surface area contributed by atoms with E-state index in [0.717, 1.165) is 12.8 Å². The number of allylic oxidation sites excluding steroid dienone is 4. The summed E-state index contributed by atoms with van der Waals surface area (Å²) in [7, 11) is 0. The molecule has 13 rings (SSSR count). The van der Waals surface area contributed by atoms with Gasteiger partial charge < -0.3 is 4.90 Å². The van der Waals surface area contributed by atoms with Crippen molar-refractivity contribution in [3.05, 3.63) is 261 Å². The van der Waals surface area contributed by atoms with Crippen LogP contribution in [-0.4, -0.2) is 0 Å². The van der Waals surface area contributed by atoms with Gasteiger partial charge in [0.2, 0.25) is 0 Å². The minimum absolute atomic E-state index is 0.197. The van der Waals surface area contributed by atoms with E-state index in [1.165, 1.54) is 106 Å². The first-order chi connectivity index (χ1) is 29.6. The maximum Gasteiger partial charge on any atom is 0.0720 e. The van der Waals surface area contributed by atoms with Crippen LogP contribution >= 0.6 is 0 Å². The summed E-state index contributed by atoms with van der Waals surface area (Å²) >= 11 is 0. The summed E-state index contributed by atoms with van der Waals surface area (Å²) in [5.41, 5.74) is 23.9. The first-order valence-electron chi connectivity index (χ1n) is 21.6. The Hall–Kier alpha value is -6.96. The largest absolute Gasteiger partial charge is 0.309 e. The molecule has 0 aromatic heterocycles. The molecule has 0 fully saturated rings. The molecular formula is C59H43N. The summed E-state index contributed by atoms with van der Waals surface area (Å²) in [6, 6.07) is 69.9. The van der Waals surface area contributed by atoms with Gasteiger partial charge in [0.25, 0.3) is 0 Å². The number of hydrogen-bond acceptors (Lipinski definition) is 1. The fraction of sp³-hybridized carbons (Fsp3) is 0.119. The van der Waals surface area contributed by atoms with Crippen molar-refractivity contribution in [1.29, 1.82) is 0 Å². The zero-order chi connectivity index (χ0) is 39.8. The first-order valence-corrected chi connectivity index (χ1v) is 21.6. The van der Waals surface area contributed by atoms with Crippen molar-refractivity contribution in [3.63, 3.8) is 0 Å². The van der Waals surface area contributed by atoms with Gasteiger partial charge in [-0.1, -0.05) is 190 Å². The van der Waals surface area contributed by atoms with Crippen LogP contribution in [0.2, 0.25) is 0 Å². The molecule has 1 nitrogen and oxygen atoms in total. The third-order valence-electron chi connectivity index (χ3n) is 14.8. The van der Waals surface area contributed by atoms with E-state index in [1.54, 1.807) is 0 Å². The topological polar surface area (TPSA) is 3.24 Å². The smallest absolute Gasteiger partial charge is 0.0720 e. The van der Waals surface area contributed by atoms with Crippen LogP contribution in [0.5, 0.6) is 0 Å². The molecule has 0 atom stereocenters. The predicted molar refractivity (Wildman–Crippen MR) is 248 cm³/mol. The Bertz CT molecular complexity index is 3110. The zero-order valence-corrected chi connectivity index (χ0v) is 33.9. The van der Waals surface area contributed by atoms with Crippen molar-refractivity contribution >= 4 is 22.6 Å². The normalized spacial score (nSPS) is 17.1. The second kappa shape index (κ2) is 12.1. The van der Waals surface area contributed by atoms with E-state index in [4.69, 9.17) is 0 Å². The van der Waals surface area contributed by atoms with Crippen LogP contribution in [-0.2, 0) is 16.2 Å². The molecule has 284 valence electrons. The van der Waals surface area contributed by atoms with Crippen molar-refractivity contribution in [2.75, 3.05) is 4.90 Å². The molecule has 60 heavy (non-hydrogen) atoms. The maximum atomic E-state index is 2.59. The second-order valence-corrected chi connectivity index (χ2v) is 17.8. The van der Waals surface area contributed by atoms with E-state index in [1.807, 2.05) is 0 Å². The number of anilines is 3. The molecule has 0 N–H and O–H groups in total. The van der Waals surface area contributed by atoms with Crippen LogP contribution in [0.1, 0.15) is 87.9 Å². The number of rotatable bonds is 2. The fourth-order valence-corrected chi connectivity index (χ4v) is 12.4.